The van der Waals surface area contributed by atoms with Crippen LogP contribution >= 0.6 is 33.9 Å². The van der Waals surface area contributed by atoms with E-state index in [1.165, 1.54) is 29.1 Å². The third-order valence-corrected chi connectivity index (χ3v) is 9.45. The summed E-state index contributed by atoms with van der Waals surface area (Å²) in [5.41, 5.74) is 2.85. The molecule has 0 aliphatic carbocycles. The number of nitrogens with zero attached hydrogens (tertiary/aromatic N) is 2. The van der Waals surface area contributed by atoms with Crippen LogP contribution in [0.15, 0.2) is 106 Å². The van der Waals surface area contributed by atoms with E-state index in [1.807, 2.05) is 54.6 Å². The number of halogens is 2. The molecule has 0 saturated heterocycles. The van der Waals surface area contributed by atoms with Crippen LogP contribution in [0.1, 0.15) is 35.2 Å². The number of carbonyl (C=O) groups is 1. The lowest BCUT2D eigenvalue weighted by Crippen LogP contribution is -2.40. The van der Waals surface area contributed by atoms with Gasteiger partial charge in [-0.2, -0.15) is 0 Å². The minimum atomic E-state index is -0.836. The Morgan fingerprint density at radius 3 is 2.50 bits per heavy atom. The zero-order valence-electron chi connectivity index (χ0n) is 26.2. The van der Waals surface area contributed by atoms with Gasteiger partial charge in [0.1, 0.15) is 18.2 Å². The maximum absolute atomic E-state index is 14.3. The Bertz CT molecular complexity index is 2210. The Morgan fingerprint density at radius 1 is 1.00 bits per heavy atom. The number of thiazole rings is 1. The van der Waals surface area contributed by atoms with Crippen LogP contribution in [0.3, 0.4) is 0 Å². The van der Waals surface area contributed by atoms with Crippen molar-refractivity contribution in [1.29, 1.82) is 0 Å². The summed E-state index contributed by atoms with van der Waals surface area (Å²) in [6.45, 7) is 1.91. The van der Waals surface area contributed by atoms with Gasteiger partial charge in [-0.05, 0) is 77.0 Å². The van der Waals surface area contributed by atoms with Crippen LogP contribution < -0.4 is 29.1 Å². The molecular formula is C37H30FIN2O6S. The highest BCUT2D eigenvalue weighted by Crippen LogP contribution is 2.37. The summed E-state index contributed by atoms with van der Waals surface area (Å²) in [5.74, 6) is 0.557. The van der Waals surface area contributed by atoms with Crippen molar-refractivity contribution in [2.24, 2.45) is 4.99 Å². The minimum Gasteiger partial charge on any atom is -0.497 e. The lowest BCUT2D eigenvalue weighted by Gasteiger charge is -2.26. The molecule has 4 aromatic carbocycles. The summed E-state index contributed by atoms with van der Waals surface area (Å²) >= 11 is 3.35. The topological polar surface area (TPSA) is 88.4 Å². The summed E-state index contributed by atoms with van der Waals surface area (Å²) in [6, 6.07) is 25.9. The Labute approximate surface area is 293 Å². The molecule has 244 valence electrons. The maximum Gasteiger partial charge on any atom is 0.338 e. The number of hydrogen-bond donors (Lipinski definition) is 0. The summed E-state index contributed by atoms with van der Waals surface area (Å²) < 4.78 is 39.6. The lowest BCUT2D eigenvalue weighted by molar-refractivity contribution is -0.138. The molecule has 0 saturated carbocycles. The second-order valence-electron chi connectivity index (χ2n) is 10.6. The number of aromatic nitrogens is 1. The van der Waals surface area contributed by atoms with Crippen molar-refractivity contribution in [2.45, 2.75) is 19.6 Å². The SMILES string of the molecule is CCOC(=O)C1=C(c2ccccc2)N=c2s/c(=C\c3cc(I)c(OCc4ccccc4F)c(OC)c3)c(=O)n2[C@H]1c1cccc(OC)c1. The average Bonchev–Trinajstić information content (AvgIpc) is 3.41. The Hall–Kier alpha value is -4.75. The van der Waals surface area contributed by atoms with Crippen molar-refractivity contribution in [3.05, 3.63) is 148 Å². The van der Waals surface area contributed by atoms with Crippen LogP contribution in [-0.2, 0) is 16.1 Å². The standard InChI is InChI=1S/C37H30FIN2O6S/c1-4-46-36(43)31-32(23-11-6-5-7-12-23)40-37-41(33(31)24-14-10-15-26(20-24)44-2)35(42)30(48-37)19-22-17-28(39)34(29(18-22)45-3)47-21-25-13-8-9-16-27(25)38/h5-20,33H,4,21H2,1-3H3/b30-19-/t33-/m0/s1. The van der Waals surface area contributed by atoms with E-state index in [0.717, 1.165) is 5.56 Å². The highest BCUT2D eigenvalue weighted by Gasteiger charge is 2.35. The number of hydrogen-bond acceptors (Lipinski definition) is 8. The van der Waals surface area contributed by atoms with E-state index in [4.69, 9.17) is 23.9 Å². The van der Waals surface area contributed by atoms with Crippen molar-refractivity contribution in [3.8, 4) is 17.2 Å². The third-order valence-electron chi connectivity index (χ3n) is 7.66. The molecule has 1 aliphatic rings. The van der Waals surface area contributed by atoms with Gasteiger partial charge in [0.05, 0.1) is 46.2 Å². The second kappa shape index (κ2) is 14.6. The highest BCUT2D eigenvalue weighted by atomic mass is 127. The van der Waals surface area contributed by atoms with E-state index < -0.39 is 12.0 Å². The van der Waals surface area contributed by atoms with Gasteiger partial charge in [-0.1, -0.05) is 72.0 Å². The first-order valence-corrected chi connectivity index (χ1v) is 16.9. The third kappa shape index (κ3) is 6.65. The summed E-state index contributed by atoms with van der Waals surface area (Å²) in [7, 11) is 3.09. The van der Waals surface area contributed by atoms with Gasteiger partial charge in [0, 0.05) is 11.1 Å². The van der Waals surface area contributed by atoms with Crippen molar-refractivity contribution in [2.75, 3.05) is 20.8 Å². The van der Waals surface area contributed by atoms with E-state index in [9.17, 15) is 14.0 Å². The second-order valence-corrected chi connectivity index (χ2v) is 12.8. The number of esters is 1. The van der Waals surface area contributed by atoms with Crippen molar-refractivity contribution >= 4 is 51.7 Å². The van der Waals surface area contributed by atoms with E-state index in [1.54, 1.807) is 50.4 Å². The predicted molar refractivity (Wildman–Crippen MR) is 190 cm³/mol. The molecule has 1 aromatic heterocycles. The number of benzene rings is 4. The van der Waals surface area contributed by atoms with Gasteiger partial charge >= 0.3 is 5.97 Å². The fourth-order valence-electron chi connectivity index (χ4n) is 5.45. The molecule has 6 rings (SSSR count). The van der Waals surface area contributed by atoms with Gasteiger partial charge in [-0.15, -0.1) is 0 Å². The smallest absolute Gasteiger partial charge is 0.338 e. The number of ether oxygens (including phenoxy) is 4. The van der Waals surface area contributed by atoms with E-state index in [-0.39, 0.29) is 30.2 Å². The fraction of sp³-hybridized carbons (Fsp3) is 0.162. The molecule has 1 atom stereocenters. The van der Waals surface area contributed by atoms with Gasteiger partial charge in [-0.25, -0.2) is 14.2 Å². The normalized spacial score (nSPS) is 14.3. The average molecular weight is 777 g/mol. The molecule has 11 heteroatoms. The van der Waals surface area contributed by atoms with Crippen LogP contribution in [0.5, 0.6) is 17.2 Å². The van der Waals surface area contributed by atoms with Crippen molar-refractivity contribution in [1.82, 2.24) is 4.57 Å². The van der Waals surface area contributed by atoms with Crippen LogP contribution in [0.2, 0.25) is 0 Å². The lowest BCUT2D eigenvalue weighted by atomic mass is 9.93. The van der Waals surface area contributed by atoms with Crippen LogP contribution in [0, 0.1) is 9.39 Å². The molecular weight excluding hydrogens is 746 g/mol. The molecule has 8 nitrogen and oxygen atoms in total. The number of fused-ring (bicyclic) bond motifs is 1. The molecule has 48 heavy (non-hydrogen) atoms. The molecule has 0 amide bonds. The molecule has 0 spiro atoms. The number of rotatable bonds is 10. The number of carbonyl (C=O) groups excluding carboxylic acids is 1. The van der Waals surface area contributed by atoms with Crippen LogP contribution in [0.4, 0.5) is 4.39 Å². The minimum absolute atomic E-state index is 0.0216. The highest BCUT2D eigenvalue weighted by molar-refractivity contribution is 14.1. The first-order valence-electron chi connectivity index (χ1n) is 15.0. The Kier molecular flexibility index (Phi) is 10.1. The molecule has 0 unspecified atom stereocenters. The van der Waals surface area contributed by atoms with Crippen LogP contribution in [0.25, 0.3) is 11.8 Å². The molecule has 5 aromatic rings. The molecule has 1 aliphatic heterocycles. The summed E-state index contributed by atoms with van der Waals surface area (Å²) in [6.07, 6.45) is 1.76. The van der Waals surface area contributed by atoms with Crippen molar-refractivity contribution in [3.63, 3.8) is 0 Å². The molecule has 0 fully saturated rings. The van der Waals surface area contributed by atoms with E-state index in [2.05, 4.69) is 22.6 Å². The fourth-order valence-corrected chi connectivity index (χ4v) is 7.23. The molecule has 2 heterocycles. The van der Waals surface area contributed by atoms with Gasteiger partial charge in [0.25, 0.3) is 5.56 Å². The first-order chi connectivity index (χ1) is 23.3. The predicted octanol–water partition coefficient (Wildman–Crippen LogP) is 6.28. The first kappa shape index (κ1) is 33.2. The van der Waals surface area contributed by atoms with E-state index in [0.29, 0.717) is 52.5 Å². The van der Waals surface area contributed by atoms with Gasteiger partial charge in [0.15, 0.2) is 16.3 Å². The van der Waals surface area contributed by atoms with Gasteiger partial charge in [-0.3, -0.25) is 9.36 Å². The summed E-state index contributed by atoms with van der Waals surface area (Å²) in [4.78, 5) is 33.3. The zero-order chi connectivity index (χ0) is 33.8. The molecule has 0 bridgehead atoms. The summed E-state index contributed by atoms with van der Waals surface area (Å²) in [5, 5.41) is 0. The quantitative estimate of drug-likeness (QED) is 0.123. The van der Waals surface area contributed by atoms with Crippen LogP contribution in [-0.4, -0.2) is 31.4 Å². The maximum atomic E-state index is 14.3. The van der Waals surface area contributed by atoms with Gasteiger partial charge < -0.3 is 18.9 Å². The molecule has 0 N–H and O–H groups in total. The Balaban J connectivity index is 1.51. The van der Waals surface area contributed by atoms with Crippen molar-refractivity contribution < 1.29 is 28.1 Å². The monoisotopic (exact) mass is 776 g/mol. The van der Waals surface area contributed by atoms with E-state index >= 15 is 0 Å². The number of methoxy groups -OCH3 is 2. The van der Waals surface area contributed by atoms with Gasteiger partial charge in [0.2, 0.25) is 0 Å². The Morgan fingerprint density at radius 2 is 1.77 bits per heavy atom. The largest absolute Gasteiger partial charge is 0.497 e. The zero-order valence-corrected chi connectivity index (χ0v) is 29.2. The molecule has 0 radical (unpaired) electrons.